The summed E-state index contributed by atoms with van der Waals surface area (Å²) in [6.07, 6.45) is 1.47. The number of hydrogen-bond acceptors (Lipinski definition) is 6. The summed E-state index contributed by atoms with van der Waals surface area (Å²) in [5.74, 6) is 0.339. The topological polar surface area (TPSA) is 99.1 Å². The van der Waals surface area contributed by atoms with E-state index in [-0.39, 0.29) is 18.4 Å². The number of aromatic nitrogens is 1. The molecule has 2 aliphatic rings. The average molecular weight is 385 g/mol. The lowest BCUT2D eigenvalue weighted by molar-refractivity contribution is 0.0302. The molecule has 0 spiro atoms. The number of hydrogen-bond donors (Lipinski definition) is 1. The summed E-state index contributed by atoms with van der Waals surface area (Å²) in [6.45, 7) is 2.03. The van der Waals surface area contributed by atoms with Gasteiger partial charge in [0.25, 0.3) is 17.4 Å². The van der Waals surface area contributed by atoms with Gasteiger partial charge in [0.05, 0.1) is 18.8 Å². The summed E-state index contributed by atoms with van der Waals surface area (Å²) >= 11 is 0. The molecule has 2 amide bonds. The zero-order valence-electron chi connectivity index (χ0n) is 15.3. The molecule has 0 aliphatic carbocycles. The van der Waals surface area contributed by atoms with Crippen molar-refractivity contribution in [2.24, 2.45) is 7.05 Å². The van der Waals surface area contributed by atoms with Crippen molar-refractivity contribution < 1.29 is 23.8 Å². The highest BCUT2D eigenvalue weighted by Gasteiger charge is 2.21. The van der Waals surface area contributed by atoms with Crippen LogP contribution < -0.4 is 20.3 Å². The largest absolute Gasteiger partial charge is 0.454 e. The van der Waals surface area contributed by atoms with Crippen molar-refractivity contribution in [2.45, 2.75) is 0 Å². The lowest BCUT2D eigenvalue weighted by Gasteiger charge is -2.27. The molecule has 0 bridgehead atoms. The summed E-state index contributed by atoms with van der Waals surface area (Å²) in [6, 6.07) is 6.17. The lowest BCUT2D eigenvalue weighted by Crippen LogP contribution is -2.41. The Bertz CT molecular complexity index is 994. The second-order valence-electron chi connectivity index (χ2n) is 6.49. The first-order valence-electron chi connectivity index (χ1n) is 8.81. The number of benzene rings is 1. The van der Waals surface area contributed by atoms with Crippen LogP contribution in [0.5, 0.6) is 11.5 Å². The maximum Gasteiger partial charge on any atom is 0.274 e. The molecule has 1 aromatic carbocycles. The van der Waals surface area contributed by atoms with Gasteiger partial charge in [0.1, 0.15) is 5.69 Å². The van der Waals surface area contributed by atoms with Crippen molar-refractivity contribution in [3.8, 4) is 11.5 Å². The second kappa shape index (κ2) is 7.35. The van der Waals surface area contributed by atoms with Crippen LogP contribution in [-0.2, 0) is 11.8 Å². The van der Waals surface area contributed by atoms with Crippen LogP contribution in [0.1, 0.15) is 20.7 Å². The molecule has 3 heterocycles. The van der Waals surface area contributed by atoms with Gasteiger partial charge >= 0.3 is 0 Å². The van der Waals surface area contributed by atoms with Gasteiger partial charge in [-0.1, -0.05) is 0 Å². The van der Waals surface area contributed by atoms with Gasteiger partial charge in [-0.2, -0.15) is 0 Å². The predicted octanol–water partition coefficient (Wildman–Crippen LogP) is 0.839. The van der Waals surface area contributed by atoms with Crippen LogP contribution in [0.4, 0.5) is 5.69 Å². The van der Waals surface area contributed by atoms with Gasteiger partial charge in [0, 0.05) is 31.9 Å². The minimum atomic E-state index is -0.480. The fourth-order valence-corrected chi connectivity index (χ4v) is 3.10. The Labute approximate surface area is 160 Å². The van der Waals surface area contributed by atoms with E-state index in [1.807, 2.05) is 0 Å². The highest BCUT2D eigenvalue weighted by molar-refractivity contribution is 6.05. The molecule has 146 valence electrons. The molecule has 0 saturated carbocycles. The average Bonchev–Trinajstić information content (AvgIpc) is 3.19. The van der Waals surface area contributed by atoms with E-state index in [4.69, 9.17) is 14.2 Å². The molecule has 1 N–H and O–H groups in total. The number of fused-ring (bicyclic) bond motifs is 1. The number of pyridine rings is 1. The van der Waals surface area contributed by atoms with Crippen LogP contribution in [0.3, 0.4) is 0 Å². The summed E-state index contributed by atoms with van der Waals surface area (Å²) in [7, 11) is 1.54. The Balaban J connectivity index is 1.58. The third-order valence-electron chi connectivity index (χ3n) is 4.61. The molecular weight excluding hydrogens is 366 g/mol. The molecule has 9 heteroatoms. The van der Waals surface area contributed by atoms with Crippen LogP contribution in [0.25, 0.3) is 0 Å². The third kappa shape index (κ3) is 3.44. The molecule has 0 radical (unpaired) electrons. The Morgan fingerprint density at radius 1 is 1.04 bits per heavy atom. The molecule has 9 nitrogen and oxygen atoms in total. The number of carbonyl (C=O) groups excluding carboxylic acids is 2. The summed E-state index contributed by atoms with van der Waals surface area (Å²) in [5, 5.41) is 2.59. The van der Waals surface area contributed by atoms with Gasteiger partial charge in [-0.3, -0.25) is 14.4 Å². The first kappa shape index (κ1) is 18.1. The van der Waals surface area contributed by atoms with E-state index in [2.05, 4.69) is 5.32 Å². The molecule has 28 heavy (non-hydrogen) atoms. The van der Waals surface area contributed by atoms with Gasteiger partial charge in [-0.25, -0.2) is 0 Å². The van der Waals surface area contributed by atoms with E-state index in [0.29, 0.717) is 48.9 Å². The lowest BCUT2D eigenvalue weighted by atomic mass is 10.1. The molecule has 1 saturated heterocycles. The smallest absolute Gasteiger partial charge is 0.274 e. The van der Waals surface area contributed by atoms with Gasteiger partial charge in [-0.05, 0) is 24.3 Å². The number of amides is 2. The minimum Gasteiger partial charge on any atom is -0.454 e. The molecule has 0 atom stereocenters. The molecule has 1 aromatic heterocycles. The minimum absolute atomic E-state index is 0.0317. The van der Waals surface area contributed by atoms with Crippen LogP contribution in [0.15, 0.2) is 35.3 Å². The quantitative estimate of drug-likeness (QED) is 0.841. The number of anilines is 1. The first-order valence-corrected chi connectivity index (χ1v) is 8.81. The Kier molecular flexibility index (Phi) is 4.74. The van der Waals surface area contributed by atoms with Gasteiger partial charge in [0.2, 0.25) is 6.79 Å². The van der Waals surface area contributed by atoms with E-state index in [1.54, 1.807) is 23.1 Å². The highest BCUT2D eigenvalue weighted by Crippen LogP contribution is 2.32. The normalized spacial score (nSPS) is 15.4. The number of morpholine rings is 1. The first-order chi connectivity index (χ1) is 13.5. The number of aryl methyl sites for hydroxylation is 1. The Morgan fingerprint density at radius 3 is 2.57 bits per heavy atom. The fraction of sp³-hybridized carbons (Fsp3) is 0.316. The van der Waals surface area contributed by atoms with Gasteiger partial charge in [-0.15, -0.1) is 0 Å². The Hall–Kier alpha value is -3.33. The van der Waals surface area contributed by atoms with Crippen molar-refractivity contribution in [3.05, 3.63) is 51.9 Å². The van der Waals surface area contributed by atoms with Crippen LogP contribution in [-0.4, -0.2) is 54.4 Å². The fourth-order valence-electron chi connectivity index (χ4n) is 3.10. The molecule has 2 aliphatic heterocycles. The number of ether oxygens (including phenoxy) is 3. The van der Waals surface area contributed by atoms with E-state index in [9.17, 15) is 14.4 Å². The number of nitrogens with one attached hydrogen (secondary N) is 1. The van der Waals surface area contributed by atoms with E-state index in [0.717, 1.165) is 0 Å². The van der Waals surface area contributed by atoms with Crippen molar-refractivity contribution in [1.29, 1.82) is 0 Å². The maximum atomic E-state index is 12.7. The van der Waals surface area contributed by atoms with E-state index >= 15 is 0 Å². The van der Waals surface area contributed by atoms with Crippen molar-refractivity contribution in [2.75, 3.05) is 38.4 Å². The standard InChI is InChI=1S/C19H19N3O6/c1-21-10-13(18(24)22-4-6-26-7-5-22)8-14(19(21)25)20-17(23)12-2-3-15-16(9-12)28-11-27-15/h2-3,8-10H,4-7,11H2,1H3,(H,20,23). The monoisotopic (exact) mass is 385 g/mol. The highest BCUT2D eigenvalue weighted by atomic mass is 16.7. The number of carbonyl (C=O) groups is 2. The van der Waals surface area contributed by atoms with E-state index < -0.39 is 11.5 Å². The summed E-state index contributed by atoms with van der Waals surface area (Å²) < 4.78 is 17.0. The van der Waals surface area contributed by atoms with Crippen LogP contribution in [0, 0.1) is 0 Å². The molecule has 2 aromatic rings. The predicted molar refractivity (Wildman–Crippen MR) is 98.9 cm³/mol. The summed E-state index contributed by atoms with van der Waals surface area (Å²) in [5.41, 5.74) is 0.262. The van der Waals surface area contributed by atoms with E-state index in [1.165, 1.54) is 23.9 Å². The van der Waals surface area contributed by atoms with Crippen molar-refractivity contribution in [3.63, 3.8) is 0 Å². The van der Waals surface area contributed by atoms with Crippen LogP contribution in [0.2, 0.25) is 0 Å². The SMILES string of the molecule is Cn1cc(C(=O)N2CCOCC2)cc(NC(=O)c2ccc3c(c2)OCO3)c1=O. The van der Waals surface area contributed by atoms with Crippen LogP contribution >= 0.6 is 0 Å². The van der Waals surface area contributed by atoms with Gasteiger partial charge in [0.15, 0.2) is 11.5 Å². The zero-order valence-corrected chi connectivity index (χ0v) is 15.3. The molecule has 0 unspecified atom stereocenters. The molecular formula is C19H19N3O6. The molecule has 1 fully saturated rings. The number of rotatable bonds is 3. The third-order valence-corrected chi connectivity index (χ3v) is 4.61. The van der Waals surface area contributed by atoms with Crippen molar-refractivity contribution in [1.82, 2.24) is 9.47 Å². The van der Waals surface area contributed by atoms with Crippen molar-refractivity contribution >= 4 is 17.5 Å². The maximum absolute atomic E-state index is 12.7. The second-order valence-corrected chi connectivity index (χ2v) is 6.49. The Morgan fingerprint density at radius 2 is 1.79 bits per heavy atom. The molecule has 4 rings (SSSR count). The van der Waals surface area contributed by atoms with Gasteiger partial charge < -0.3 is 29.0 Å². The number of nitrogens with zero attached hydrogens (tertiary/aromatic N) is 2. The zero-order chi connectivity index (χ0) is 19.7. The summed E-state index contributed by atoms with van der Waals surface area (Å²) in [4.78, 5) is 39.4.